The molecule has 3 heteroatoms. The molecule has 0 aromatic carbocycles. The average Bonchev–Trinajstić information content (AvgIpc) is 2.64. The predicted molar refractivity (Wildman–Crippen MR) is 62.0 cm³/mol. The van der Waals surface area contributed by atoms with E-state index in [1.54, 1.807) is 0 Å². The molecule has 0 bridgehead atoms. The van der Waals surface area contributed by atoms with E-state index in [1.165, 1.54) is 18.9 Å². The van der Waals surface area contributed by atoms with Crippen molar-refractivity contribution in [2.75, 3.05) is 0 Å². The van der Waals surface area contributed by atoms with E-state index in [1.807, 2.05) is 0 Å². The first kappa shape index (κ1) is 9.93. The Morgan fingerprint density at radius 1 is 1.46 bits per heavy atom. The van der Waals surface area contributed by atoms with E-state index in [9.17, 15) is 0 Å². The summed E-state index contributed by atoms with van der Waals surface area (Å²) in [5.74, 6) is 0. The Bertz CT molecular complexity index is 236. The van der Waals surface area contributed by atoms with Crippen LogP contribution < -0.4 is 0 Å². The molecule has 0 saturated carbocycles. The van der Waals surface area contributed by atoms with Crippen molar-refractivity contribution in [3.63, 3.8) is 0 Å². The molecule has 0 aliphatic carbocycles. The molecule has 2 fully saturated rings. The molecular formula is C10H22OSi2. The molecule has 2 saturated heterocycles. The fourth-order valence-electron chi connectivity index (χ4n) is 3.05. The Hall–Kier alpha value is 0.394. The lowest BCUT2D eigenvalue weighted by Crippen LogP contribution is -2.33. The average molecular weight is 214 g/mol. The van der Waals surface area contributed by atoms with E-state index in [2.05, 4.69) is 33.5 Å². The van der Waals surface area contributed by atoms with Crippen LogP contribution in [0.5, 0.6) is 0 Å². The van der Waals surface area contributed by atoms with Gasteiger partial charge in [-0.2, -0.15) is 0 Å². The van der Waals surface area contributed by atoms with E-state index in [4.69, 9.17) is 4.12 Å². The third kappa shape index (κ3) is 1.28. The van der Waals surface area contributed by atoms with E-state index in [-0.39, 0.29) is 0 Å². The quantitative estimate of drug-likeness (QED) is 0.648. The van der Waals surface area contributed by atoms with Gasteiger partial charge in [-0.1, -0.05) is 26.7 Å². The molecule has 2 aliphatic heterocycles. The van der Waals surface area contributed by atoms with Crippen LogP contribution >= 0.6 is 0 Å². The van der Waals surface area contributed by atoms with Crippen LogP contribution in [0, 0.1) is 0 Å². The third-order valence-electron chi connectivity index (χ3n) is 3.79. The zero-order chi connectivity index (χ0) is 9.91. The minimum atomic E-state index is -1.24. The number of hydrogen-bond acceptors (Lipinski definition) is 1. The highest BCUT2D eigenvalue weighted by molar-refractivity contribution is 7.05. The van der Waals surface area contributed by atoms with Crippen LogP contribution in [0.4, 0.5) is 0 Å². The van der Waals surface area contributed by atoms with Gasteiger partial charge in [0.1, 0.15) is 0 Å². The van der Waals surface area contributed by atoms with Crippen LogP contribution in [0.15, 0.2) is 0 Å². The summed E-state index contributed by atoms with van der Waals surface area (Å²) in [5.41, 5.74) is 1.04. The monoisotopic (exact) mass is 214 g/mol. The highest BCUT2D eigenvalue weighted by atomic mass is 28.4. The standard InChI is InChI=1S/C10H22OSi2/c1-6-7-9-10(2)8-13(9,10)11-12(3,4)5/h9H,6-8H2,1-5H3. The van der Waals surface area contributed by atoms with Gasteiger partial charge in [-0.25, -0.2) is 0 Å². The minimum absolute atomic E-state index is 0.739. The summed E-state index contributed by atoms with van der Waals surface area (Å²) in [7, 11) is -2.33. The van der Waals surface area contributed by atoms with Gasteiger partial charge in [0.05, 0.1) is 0 Å². The Labute approximate surface area is 84.1 Å². The van der Waals surface area contributed by atoms with Crippen molar-refractivity contribution in [3.05, 3.63) is 0 Å². The summed E-state index contributed by atoms with van der Waals surface area (Å²) in [5, 5.41) is 0.739. The van der Waals surface area contributed by atoms with E-state index < -0.39 is 16.6 Å². The zero-order valence-electron chi connectivity index (χ0n) is 9.61. The van der Waals surface area contributed by atoms with Crippen molar-refractivity contribution in [3.8, 4) is 0 Å². The zero-order valence-corrected chi connectivity index (χ0v) is 11.6. The first-order chi connectivity index (χ1) is 5.86. The van der Waals surface area contributed by atoms with Gasteiger partial charge in [0, 0.05) is 0 Å². The Balaban J connectivity index is 1.96. The lowest BCUT2D eigenvalue weighted by molar-refractivity contribution is 0.562. The molecule has 0 spiro atoms. The summed E-state index contributed by atoms with van der Waals surface area (Å²) < 4.78 is 6.46. The first-order valence-electron chi connectivity index (χ1n) is 5.56. The number of rotatable bonds is 4. The maximum Gasteiger partial charge on any atom is 0.189 e. The Kier molecular flexibility index (Phi) is 1.91. The van der Waals surface area contributed by atoms with E-state index >= 15 is 0 Å². The third-order valence-corrected chi connectivity index (χ3v) is 12.7. The summed E-state index contributed by atoms with van der Waals surface area (Å²) in [6.07, 6.45) is 2.79. The first-order valence-corrected chi connectivity index (χ1v) is 11.2. The van der Waals surface area contributed by atoms with Gasteiger partial charge < -0.3 is 4.12 Å². The molecule has 0 aromatic heterocycles. The van der Waals surface area contributed by atoms with Crippen molar-refractivity contribution in [1.29, 1.82) is 0 Å². The van der Waals surface area contributed by atoms with Gasteiger partial charge in [0.25, 0.3) is 0 Å². The Morgan fingerprint density at radius 3 is 2.46 bits per heavy atom. The van der Waals surface area contributed by atoms with Crippen molar-refractivity contribution in [2.45, 2.75) is 63.0 Å². The predicted octanol–water partition coefficient (Wildman–Crippen LogP) is 3.74. The molecule has 2 aliphatic rings. The van der Waals surface area contributed by atoms with Crippen LogP contribution in [0.3, 0.4) is 0 Å². The van der Waals surface area contributed by atoms with Crippen molar-refractivity contribution >= 4 is 16.6 Å². The maximum atomic E-state index is 6.46. The topological polar surface area (TPSA) is 9.23 Å². The largest absolute Gasteiger partial charge is 0.455 e. The molecular weight excluding hydrogens is 192 g/mol. The Morgan fingerprint density at radius 2 is 2.08 bits per heavy atom. The maximum absolute atomic E-state index is 6.46. The highest BCUT2D eigenvalue weighted by Crippen LogP contribution is 2.93. The van der Waals surface area contributed by atoms with Gasteiger partial charge >= 0.3 is 0 Å². The van der Waals surface area contributed by atoms with Crippen molar-refractivity contribution < 1.29 is 4.12 Å². The highest BCUT2D eigenvalue weighted by Gasteiger charge is 2.91. The molecule has 0 N–H and O–H groups in total. The van der Waals surface area contributed by atoms with Crippen LogP contribution in [-0.2, 0) is 4.12 Å². The summed E-state index contributed by atoms with van der Waals surface area (Å²) in [6, 6.07) is 1.48. The molecule has 3 atom stereocenters. The summed E-state index contributed by atoms with van der Waals surface area (Å²) in [6.45, 7) is 11.8. The number of fused-ring (bicyclic) bond motifs is 1. The normalized spacial score (nSPS) is 47.3. The summed E-state index contributed by atoms with van der Waals surface area (Å²) in [4.78, 5) is 0. The van der Waals surface area contributed by atoms with Gasteiger partial charge in [-0.15, -0.1) is 0 Å². The molecule has 1 nitrogen and oxygen atoms in total. The van der Waals surface area contributed by atoms with Gasteiger partial charge in [-0.3, -0.25) is 0 Å². The van der Waals surface area contributed by atoms with Crippen LogP contribution in [0.1, 0.15) is 26.7 Å². The van der Waals surface area contributed by atoms with E-state index in [0.717, 1.165) is 10.6 Å². The van der Waals surface area contributed by atoms with Crippen molar-refractivity contribution in [2.24, 2.45) is 0 Å². The fraction of sp³-hybridized carbons (Fsp3) is 1.00. The van der Waals surface area contributed by atoms with Gasteiger partial charge in [0.2, 0.25) is 0 Å². The number of hydrogen-bond donors (Lipinski definition) is 0. The molecule has 0 amide bonds. The fourth-order valence-corrected chi connectivity index (χ4v) is 14.0. The van der Waals surface area contributed by atoms with Gasteiger partial charge in [0.15, 0.2) is 16.6 Å². The summed E-state index contributed by atoms with van der Waals surface area (Å²) >= 11 is 0. The molecule has 13 heavy (non-hydrogen) atoms. The molecule has 2 rings (SSSR count). The van der Waals surface area contributed by atoms with Crippen molar-refractivity contribution in [1.82, 2.24) is 0 Å². The van der Waals surface area contributed by atoms with Crippen LogP contribution in [0.25, 0.3) is 0 Å². The SMILES string of the molecule is CCCC1C2(C)C[Si]12O[Si](C)(C)C. The molecule has 0 aromatic rings. The molecule has 76 valence electrons. The second-order valence-corrected chi connectivity index (χ2v) is 15.1. The molecule has 2 heterocycles. The van der Waals surface area contributed by atoms with Crippen LogP contribution in [0.2, 0.25) is 36.3 Å². The van der Waals surface area contributed by atoms with Gasteiger partial charge in [-0.05, 0) is 36.3 Å². The lowest BCUT2D eigenvalue weighted by atomic mass is 10.1. The lowest BCUT2D eigenvalue weighted by Gasteiger charge is -2.22. The van der Waals surface area contributed by atoms with Crippen LogP contribution in [-0.4, -0.2) is 16.6 Å². The molecule has 3 unspecified atom stereocenters. The van der Waals surface area contributed by atoms with E-state index in [0.29, 0.717) is 0 Å². The minimum Gasteiger partial charge on any atom is -0.455 e. The smallest absolute Gasteiger partial charge is 0.189 e. The second-order valence-electron chi connectivity index (χ2n) is 6.04. The molecule has 0 radical (unpaired) electrons. The second kappa shape index (κ2) is 2.50.